The molecule has 236 valence electrons. The number of anilines is 1. The predicted molar refractivity (Wildman–Crippen MR) is 174 cm³/mol. The number of likely N-dealkylation sites (tertiary alicyclic amines) is 1. The first-order chi connectivity index (χ1) is 21.8. The summed E-state index contributed by atoms with van der Waals surface area (Å²) in [6, 6.07) is 14.9. The summed E-state index contributed by atoms with van der Waals surface area (Å²) in [6.07, 6.45) is 6.99. The number of piperidine rings is 1. The lowest BCUT2D eigenvalue weighted by Gasteiger charge is -2.39. The number of hydrogen-bond acceptors (Lipinski definition) is 7. The molecule has 3 heterocycles. The molecule has 8 nitrogen and oxygen atoms in total. The molecule has 2 atom stereocenters. The fourth-order valence-electron chi connectivity index (χ4n) is 7.41. The maximum absolute atomic E-state index is 13.8. The number of amides is 1. The molecule has 10 heteroatoms. The predicted octanol–water partition coefficient (Wildman–Crippen LogP) is 6.57. The van der Waals surface area contributed by atoms with Crippen molar-refractivity contribution in [2.75, 3.05) is 38.2 Å². The van der Waals surface area contributed by atoms with Crippen molar-refractivity contribution >= 4 is 34.0 Å². The molecule has 0 bridgehead atoms. The van der Waals surface area contributed by atoms with Crippen LogP contribution in [0, 0.1) is 11.3 Å². The number of rotatable bonds is 9. The third kappa shape index (κ3) is 6.63. The average Bonchev–Trinajstić information content (AvgIpc) is 3.59. The van der Waals surface area contributed by atoms with Crippen LogP contribution >= 0.6 is 11.6 Å². The zero-order valence-corrected chi connectivity index (χ0v) is 26.6. The maximum Gasteiger partial charge on any atom is 0.316 e. The Hall–Kier alpha value is -3.74. The van der Waals surface area contributed by atoms with E-state index in [2.05, 4.69) is 53.8 Å². The summed E-state index contributed by atoms with van der Waals surface area (Å²) < 4.78 is 20.1. The number of carbonyl (C=O) groups is 1. The first-order valence-corrected chi connectivity index (χ1v) is 16.4. The molecule has 2 unspecified atom stereocenters. The third-order valence-corrected chi connectivity index (χ3v) is 10.1. The summed E-state index contributed by atoms with van der Waals surface area (Å²) in [6.45, 7) is 6.15. The van der Waals surface area contributed by atoms with Gasteiger partial charge in [0.05, 0.1) is 35.4 Å². The number of nitrogens with zero attached hydrogens (tertiary/aromatic N) is 6. The number of hydrogen-bond donors (Lipinski definition) is 0. The summed E-state index contributed by atoms with van der Waals surface area (Å²) in [4.78, 5) is 28.6. The molecule has 2 aromatic carbocycles. The Balaban J connectivity index is 1.30. The van der Waals surface area contributed by atoms with Gasteiger partial charge in [-0.05, 0) is 62.2 Å². The van der Waals surface area contributed by atoms with Gasteiger partial charge in [-0.25, -0.2) is 4.39 Å². The third-order valence-electron chi connectivity index (χ3n) is 9.79. The molecule has 1 amide bonds. The van der Waals surface area contributed by atoms with Crippen molar-refractivity contribution in [1.82, 2.24) is 19.8 Å². The van der Waals surface area contributed by atoms with Gasteiger partial charge in [0, 0.05) is 48.7 Å². The van der Waals surface area contributed by atoms with Gasteiger partial charge in [0.1, 0.15) is 6.61 Å². The molecule has 3 aliphatic rings. The van der Waals surface area contributed by atoms with E-state index in [0.29, 0.717) is 49.6 Å². The van der Waals surface area contributed by atoms with E-state index in [1.807, 2.05) is 12.1 Å². The highest BCUT2D eigenvalue weighted by Crippen LogP contribution is 2.39. The molecule has 3 aromatic rings. The van der Waals surface area contributed by atoms with Gasteiger partial charge in [-0.3, -0.25) is 4.79 Å². The SMILES string of the molecule is C=C(F)C(=O)N1CCC(c2nc(OCCN(C)C3CCCC3)nc3c2CCN(c2cccc4cccc(Cl)c24)C3)CC1CC#N. The van der Waals surface area contributed by atoms with E-state index in [4.69, 9.17) is 26.3 Å². The lowest BCUT2D eigenvalue weighted by molar-refractivity contribution is -0.132. The van der Waals surface area contributed by atoms with Crippen molar-refractivity contribution in [3.8, 4) is 12.1 Å². The monoisotopic (exact) mass is 630 g/mol. The summed E-state index contributed by atoms with van der Waals surface area (Å²) in [5.41, 5.74) is 4.01. The van der Waals surface area contributed by atoms with E-state index in [-0.39, 0.29) is 12.3 Å². The minimum atomic E-state index is -0.998. The largest absolute Gasteiger partial charge is 0.462 e. The van der Waals surface area contributed by atoms with Crippen LogP contribution in [0.2, 0.25) is 5.02 Å². The summed E-state index contributed by atoms with van der Waals surface area (Å²) in [5.74, 6) is -1.75. The molecular formula is C35H40ClFN6O2. The van der Waals surface area contributed by atoms with Crippen LogP contribution < -0.4 is 9.64 Å². The smallest absolute Gasteiger partial charge is 0.316 e. The summed E-state index contributed by atoms with van der Waals surface area (Å²) in [5, 5.41) is 12.4. The number of carbonyl (C=O) groups excluding carboxylic acids is 1. The second-order valence-corrected chi connectivity index (χ2v) is 12.9. The summed E-state index contributed by atoms with van der Waals surface area (Å²) in [7, 11) is 2.15. The van der Waals surface area contributed by atoms with Gasteiger partial charge < -0.3 is 19.4 Å². The highest BCUT2D eigenvalue weighted by molar-refractivity contribution is 6.36. The number of benzene rings is 2. The Morgan fingerprint density at radius 3 is 2.71 bits per heavy atom. The lowest BCUT2D eigenvalue weighted by Crippen LogP contribution is -2.46. The quantitative estimate of drug-likeness (QED) is 0.247. The molecule has 2 fully saturated rings. The van der Waals surface area contributed by atoms with E-state index in [9.17, 15) is 14.4 Å². The Morgan fingerprint density at radius 2 is 1.96 bits per heavy atom. The molecule has 2 aliphatic heterocycles. The van der Waals surface area contributed by atoms with E-state index in [0.717, 1.165) is 52.9 Å². The molecule has 1 saturated heterocycles. The molecule has 1 aromatic heterocycles. The minimum Gasteiger partial charge on any atom is -0.462 e. The van der Waals surface area contributed by atoms with Crippen LogP contribution in [0.5, 0.6) is 6.01 Å². The first-order valence-electron chi connectivity index (χ1n) is 16.0. The number of fused-ring (bicyclic) bond motifs is 2. The fourth-order valence-corrected chi connectivity index (χ4v) is 7.69. The number of aromatic nitrogens is 2. The average molecular weight is 631 g/mol. The normalized spacial score (nSPS) is 20.3. The summed E-state index contributed by atoms with van der Waals surface area (Å²) >= 11 is 6.70. The molecule has 6 rings (SSSR count). The van der Waals surface area contributed by atoms with Gasteiger partial charge >= 0.3 is 6.01 Å². The Morgan fingerprint density at radius 1 is 1.18 bits per heavy atom. The standard InChI is InChI=1S/C35H40ClFN6O2/c1-23(37)34(44)43-18-14-25(21-27(43)13-16-38)33-28-15-17-42(31-12-6-8-24-7-5-11-29(36)32(24)31)22-30(28)39-35(40-33)45-20-19-41(2)26-9-3-4-10-26/h5-8,11-12,25-27H,1,3-4,9-10,13-15,17-22H2,2H3. The van der Waals surface area contributed by atoms with Gasteiger partial charge in [0.15, 0.2) is 5.83 Å². The minimum absolute atomic E-state index is 0.0147. The number of likely N-dealkylation sites (N-methyl/N-ethyl adjacent to an activating group) is 1. The molecule has 45 heavy (non-hydrogen) atoms. The van der Waals surface area contributed by atoms with Crippen LogP contribution in [0.1, 0.15) is 67.8 Å². The Labute approximate surface area is 269 Å². The molecule has 1 aliphatic carbocycles. The zero-order chi connectivity index (χ0) is 31.5. The van der Waals surface area contributed by atoms with Crippen LogP contribution in [-0.4, -0.2) is 71.0 Å². The highest BCUT2D eigenvalue weighted by Gasteiger charge is 2.36. The second kappa shape index (κ2) is 13.7. The molecular weight excluding hydrogens is 591 g/mol. The number of ether oxygens (including phenoxy) is 1. The topological polar surface area (TPSA) is 85.6 Å². The van der Waals surface area contributed by atoms with E-state index in [1.54, 1.807) is 0 Å². The van der Waals surface area contributed by atoms with E-state index < -0.39 is 17.8 Å². The Kier molecular flexibility index (Phi) is 9.53. The van der Waals surface area contributed by atoms with Crippen LogP contribution in [0.4, 0.5) is 10.1 Å². The van der Waals surface area contributed by atoms with Gasteiger partial charge in [0.2, 0.25) is 0 Å². The van der Waals surface area contributed by atoms with Crippen molar-refractivity contribution in [2.45, 2.75) is 75.9 Å². The van der Waals surface area contributed by atoms with Crippen LogP contribution in [0.15, 0.2) is 48.8 Å². The van der Waals surface area contributed by atoms with Crippen molar-refractivity contribution in [3.63, 3.8) is 0 Å². The molecule has 0 spiro atoms. The highest BCUT2D eigenvalue weighted by atomic mass is 35.5. The number of halogens is 2. The van der Waals surface area contributed by atoms with Gasteiger partial charge in [-0.15, -0.1) is 0 Å². The van der Waals surface area contributed by atoms with Crippen LogP contribution in [0.25, 0.3) is 10.8 Å². The van der Waals surface area contributed by atoms with Crippen molar-refractivity contribution in [1.29, 1.82) is 5.26 Å². The van der Waals surface area contributed by atoms with Crippen LogP contribution in [-0.2, 0) is 17.8 Å². The molecule has 1 saturated carbocycles. The van der Waals surface area contributed by atoms with E-state index in [1.165, 1.54) is 30.6 Å². The zero-order valence-electron chi connectivity index (χ0n) is 25.9. The molecule has 0 radical (unpaired) electrons. The van der Waals surface area contributed by atoms with Crippen molar-refractivity contribution in [3.05, 3.63) is 70.8 Å². The Bertz CT molecular complexity index is 1610. The van der Waals surface area contributed by atoms with Crippen molar-refractivity contribution in [2.24, 2.45) is 0 Å². The van der Waals surface area contributed by atoms with Crippen LogP contribution in [0.3, 0.4) is 0 Å². The van der Waals surface area contributed by atoms with E-state index >= 15 is 0 Å². The van der Waals surface area contributed by atoms with Gasteiger partial charge in [-0.1, -0.05) is 55.3 Å². The lowest BCUT2D eigenvalue weighted by atomic mass is 9.83. The van der Waals surface area contributed by atoms with Gasteiger partial charge in [-0.2, -0.15) is 15.2 Å². The number of nitriles is 1. The van der Waals surface area contributed by atoms with Crippen molar-refractivity contribution < 1.29 is 13.9 Å². The fraction of sp³-hybridized carbons (Fsp3) is 0.486. The first kappa shape index (κ1) is 31.3. The maximum atomic E-state index is 13.8. The second-order valence-electron chi connectivity index (χ2n) is 12.5. The molecule has 0 N–H and O–H groups in total. The van der Waals surface area contributed by atoms with Gasteiger partial charge in [0.25, 0.3) is 5.91 Å².